The Hall–Kier alpha value is -2.51. The molecule has 1 aliphatic carbocycles. The molecule has 1 aromatic carbocycles. The van der Waals surface area contributed by atoms with Gasteiger partial charge in [0.2, 0.25) is 11.8 Å². The second-order valence-electron chi connectivity index (χ2n) is 6.50. The van der Waals surface area contributed by atoms with Gasteiger partial charge in [0.1, 0.15) is 11.4 Å². The molecule has 1 amide bonds. The van der Waals surface area contributed by atoms with Crippen LogP contribution in [-0.4, -0.2) is 22.7 Å². The average molecular weight is 365 g/mol. The van der Waals surface area contributed by atoms with Crippen molar-refractivity contribution in [3.8, 4) is 5.75 Å². The minimum Gasteiger partial charge on any atom is -0.490 e. The van der Waals surface area contributed by atoms with Gasteiger partial charge in [-0.15, -0.1) is 0 Å². The zero-order valence-electron chi connectivity index (χ0n) is 14.6. The fourth-order valence-corrected chi connectivity index (χ4v) is 3.23. The van der Waals surface area contributed by atoms with E-state index in [0.29, 0.717) is 11.7 Å². The fourth-order valence-electron chi connectivity index (χ4n) is 3.23. The van der Waals surface area contributed by atoms with Crippen molar-refractivity contribution in [3.05, 3.63) is 41.5 Å². The minimum absolute atomic E-state index is 0.0181. The zero-order valence-corrected chi connectivity index (χ0v) is 14.6. The molecule has 1 aliphatic rings. The topological polar surface area (TPSA) is 77.2 Å². The van der Waals surface area contributed by atoms with Gasteiger partial charge in [0.15, 0.2) is 17.4 Å². The number of rotatable bonds is 6. The number of aryl methyl sites for hydroxylation is 1. The highest BCUT2D eigenvalue weighted by atomic mass is 19.1. The number of aromatic nitrogens is 2. The first kappa shape index (κ1) is 18.3. The summed E-state index contributed by atoms with van der Waals surface area (Å²) in [6.45, 7) is 1.69. The van der Waals surface area contributed by atoms with Crippen LogP contribution in [-0.2, 0) is 10.3 Å². The fraction of sp³-hybridized carbons (Fsp3) is 0.500. The van der Waals surface area contributed by atoms with Crippen LogP contribution in [0, 0.1) is 18.6 Å². The van der Waals surface area contributed by atoms with Crippen molar-refractivity contribution in [2.24, 2.45) is 0 Å². The van der Waals surface area contributed by atoms with E-state index < -0.39 is 17.2 Å². The van der Waals surface area contributed by atoms with Crippen molar-refractivity contribution in [3.63, 3.8) is 0 Å². The van der Waals surface area contributed by atoms with Gasteiger partial charge in [-0.05, 0) is 25.0 Å². The lowest BCUT2D eigenvalue weighted by atomic mass is 9.81. The van der Waals surface area contributed by atoms with E-state index >= 15 is 0 Å². The van der Waals surface area contributed by atoms with E-state index in [1.807, 2.05) is 0 Å². The molecule has 0 spiro atoms. The number of nitrogens with one attached hydrogen (secondary N) is 1. The molecular weight excluding hydrogens is 344 g/mol. The summed E-state index contributed by atoms with van der Waals surface area (Å²) in [5.74, 6) is -0.848. The van der Waals surface area contributed by atoms with E-state index in [4.69, 9.17) is 9.26 Å². The van der Waals surface area contributed by atoms with E-state index in [2.05, 4.69) is 15.5 Å². The van der Waals surface area contributed by atoms with Crippen LogP contribution in [0.2, 0.25) is 0 Å². The van der Waals surface area contributed by atoms with E-state index in [1.54, 1.807) is 6.92 Å². The number of amides is 1. The molecule has 0 atom stereocenters. The second kappa shape index (κ2) is 7.80. The quantitative estimate of drug-likeness (QED) is 0.849. The van der Waals surface area contributed by atoms with Gasteiger partial charge in [0.05, 0.1) is 13.0 Å². The molecule has 6 nitrogen and oxygen atoms in total. The highest BCUT2D eigenvalue weighted by Crippen LogP contribution is 2.35. The number of ether oxygens (including phenoxy) is 1. The van der Waals surface area contributed by atoms with Crippen LogP contribution in [0.4, 0.5) is 8.78 Å². The number of nitrogens with zero attached hydrogens (tertiary/aromatic N) is 2. The van der Waals surface area contributed by atoms with Crippen LogP contribution in [0.15, 0.2) is 22.7 Å². The largest absolute Gasteiger partial charge is 0.490 e. The van der Waals surface area contributed by atoms with Gasteiger partial charge < -0.3 is 14.6 Å². The number of benzene rings is 1. The smallest absolute Gasteiger partial charge is 0.224 e. The Balaban J connectivity index is 1.59. The van der Waals surface area contributed by atoms with Crippen molar-refractivity contribution in [2.75, 3.05) is 6.61 Å². The molecule has 1 aromatic heterocycles. The molecular formula is C18H21F2N3O3. The monoisotopic (exact) mass is 365 g/mol. The molecule has 1 saturated carbocycles. The molecule has 0 aliphatic heterocycles. The van der Waals surface area contributed by atoms with Crippen molar-refractivity contribution in [1.29, 1.82) is 0 Å². The Kier molecular flexibility index (Phi) is 5.49. The second-order valence-corrected chi connectivity index (χ2v) is 6.50. The van der Waals surface area contributed by atoms with Crippen LogP contribution in [0.25, 0.3) is 0 Å². The summed E-state index contributed by atoms with van der Waals surface area (Å²) in [6, 6.07) is 3.05. The molecule has 2 aromatic rings. The number of carbonyl (C=O) groups is 1. The summed E-state index contributed by atoms with van der Waals surface area (Å²) in [5, 5.41) is 7.01. The van der Waals surface area contributed by atoms with Gasteiger partial charge in [-0.25, -0.2) is 8.78 Å². The van der Waals surface area contributed by atoms with Crippen LogP contribution < -0.4 is 10.1 Å². The Morgan fingerprint density at radius 2 is 2.08 bits per heavy atom. The van der Waals surface area contributed by atoms with Gasteiger partial charge in [-0.3, -0.25) is 4.79 Å². The van der Waals surface area contributed by atoms with Crippen molar-refractivity contribution < 1.29 is 22.8 Å². The van der Waals surface area contributed by atoms with E-state index in [0.717, 1.165) is 44.2 Å². The molecule has 0 radical (unpaired) electrons. The molecule has 3 rings (SSSR count). The lowest BCUT2D eigenvalue weighted by molar-refractivity contribution is -0.124. The number of hydrogen-bond acceptors (Lipinski definition) is 5. The molecule has 1 fully saturated rings. The molecule has 8 heteroatoms. The first-order valence-electron chi connectivity index (χ1n) is 8.68. The van der Waals surface area contributed by atoms with E-state index in [1.165, 1.54) is 6.07 Å². The Bertz CT molecular complexity index is 773. The summed E-state index contributed by atoms with van der Waals surface area (Å²) < 4.78 is 36.7. The summed E-state index contributed by atoms with van der Waals surface area (Å²) in [5.41, 5.74) is -0.631. The van der Waals surface area contributed by atoms with Crippen molar-refractivity contribution in [2.45, 2.75) is 51.0 Å². The molecule has 140 valence electrons. The number of halogens is 2. The van der Waals surface area contributed by atoms with E-state index in [9.17, 15) is 13.6 Å². The normalized spacial score (nSPS) is 16.3. The van der Waals surface area contributed by atoms with Gasteiger partial charge in [-0.2, -0.15) is 4.98 Å². The number of hydrogen-bond donors (Lipinski definition) is 1. The van der Waals surface area contributed by atoms with Gasteiger partial charge >= 0.3 is 0 Å². The molecule has 26 heavy (non-hydrogen) atoms. The first-order valence-corrected chi connectivity index (χ1v) is 8.68. The van der Waals surface area contributed by atoms with Crippen molar-refractivity contribution in [1.82, 2.24) is 15.5 Å². The van der Waals surface area contributed by atoms with Gasteiger partial charge in [-0.1, -0.05) is 24.4 Å². The third-order valence-electron chi connectivity index (χ3n) is 4.52. The van der Waals surface area contributed by atoms with Crippen LogP contribution in [0.1, 0.15) is 50.2 Å². The first-order chi connectivity index (χ1) is 12.5. The average Bonchev–Trinajstić information content (AvgIpc) is 3.05. The summed E-state index contributed by atoms with van der Waals surface area (Å²) in [7, 11) is 0. The highest BCUT2D eigenvalue weighted by Gasteiger charge is 2.39. The minimum atomic E-state index is -0.795. The predicted octanol–water partition coefficient (Wildman–Crippen LogP) is 3.40. The SMILES string of the molecule is Cc1nc(C2(NC(=O)CCOc3ccc(F)cc3F)CCCCC2)no1. The maximum Gasteiger partial charge on any atom is 0.224 e. The van der Waals surface area contributed by atoms with Crippen molar-refractivity contribution >= 4 is 5.91 Å². The third kappa shape index (κ3) is 4.17. The lowest BCUT2D eigenvalue weighted by Gasteiger charge is -2.35. The highest BCUT2D eigenvalue weighted by molar-refractivity contribution is 5.77. The maximum atomic E-state index is 13.5. The zero-order chi connectivity index (χ0) is 18.6. The van der Waals surface area contributed by atoms with Crippen LogP contribution in [0.5, 0.6) is 5.75 Å². The predicted molar refractivity (Wildman–Crippen MR) is 88.4 cm³/mol. The molecule has 1 N–H and O–H groups in total. The molecule has 1 heterocycles. The molecule has 0 bridgehead atoms. The Morgan fingerprint density at radius 3 is 2.73 bits per heavy atom. The molecule has 0 unspecified atom stereocenters. The Labute approximate surface area is 149 Å². The van der Waals surface area contributed by atoms with Gasteiger partial charge in [0.25, 0.3) is 0 Å². The van der Waals surface area contributed by atoms with Gasteiger partial charge in [0, 0.05) is 13.0 Å². The number of carbonyl (C=O) groups excluding carboxylic acids is 1. The van der Waals surface area contributed by atoms with Crippen LogP contribution >= 0.6 is 0 Å². The lowest BCUT2D eigenvalue weighted by Crippen LogP contribution is -2.48. The maximum absolute atomic E-state index is 13.5. The standard InChI is InChI=1S/C18H21F2N3O3/c1-12-21-17(23-26-12)18(8-3-2-4-9-18)22-16(24)7-10-25-15-6-5-13(19)11-14(15)20/h5-6,11H,2-4,7-10H2,1H3,(H,22,24). The Morgan fingerprint density at radius 1 is 1.31 bits per heavy atom. The molecule has 0 saturated heterocycles. The van der Waals surface area contributed by atoms with Crippen LogP contribution in [0.3, 0.4) is 0 Å². The summed E-state index contributed by atoms with van der Waals surface area (Å²) in [6.07, 6.45) is 4.55. The third-order valence-corrected chi connectivity index (χ3v) is 4.52. The van der Waals surface area contributed by atoms with E-state index in [-0.39, 0.29) is 24.7 Å². The summed E-state index contributed by atoms with van der Waals surface area (Å²) in [4.78, 5) is 16.7. The summed E-state index contributed by atoms with van der Waals surface area (Å²) >= 11 is 0.